The molecule has 1 aliphatic carbocycles. The van der Waals surface area contributed by atoms with Crippen LogP contribution >= 0.6 is 12.4 Å². The Morgan fingerprint density at radius 3 is 2.43 bits per heavy atom. The lowest BCUT2D eigenvalue weighted by Gasteiger charge is -2.30. The highest BCUT2D eigenvalue weighted by Gasteiger charge is 2.23. The van der Waals surface area contributed by atoms with Crippen LogP contribution in [0.5, 0.6) is 0 Å². The summed E-state index contributed by atoms with van der Waals surface area (Å²) in [5, 5.41) is 6.50. The standard InChI is InChI=1S/C20H26FN5O.ClH/c1-13-22-18(12-19(23-13)26(2)3)24-16-7-9-17(10-8-16)25-20(27)14-5-4-6-15(21)11-14;/h4-6,11-12,16-17H,7-10H2,1-3H3,(H,25,27)(H,22,23,24);1H/t16-,17+;. The number of nitrogens with one attached hydrogen (secondary N) is 2. The summed E-state index contributed by atoms with van der Waals surface area (Å²) in [6, 6.07) is 8.17. The highest BCUT2D eigenvalue weighted by atomic mass is 35.5. The monoisotopic (exact) mass is 407 g/mol. The predicted molar refractivity (Wildman–Crippen MR) is 112 cm³/mol. The van der Waals surface area contributed by atoms with Gasteiger partial charge in [-0.2, -0.15) is 0 Å². The third-order valence-corrected chi connectivity index (χ3v) is 4.78. The van der Waals surface area contributed by atoms with Crippen molar-refractivity contribution in [1.29, 1.82) is 0 Å². The van der Waals surface area contributed by atoms with Crippen LogP contribution in [0.3, 0.4) is 0 Å². The molecule has 0 bridgehead atoms. The van der Waals surface area contributed by atoms with E-state index in [-0.39, 0.29) is 24.4 Å². The molecular weight excluding hydrogens is 381 g/mol. The highest BCUT2D eigenvalue weighted by Crippen LogP contribution is 2.23. The molecule has 0 atom stereocenters. The van der Waals surface area contributed by atoms with Crippen molar-refractivity contribution in [3.05, 3.63) is 47.5 Å². The molecule has 1 aliphatic rings. The Kier molecular flexibility index (Phi) is 7.57. The van der Waals surface area contributed by atoms with Gasteiger partial charge in [0.05, 0.1) is 0 Å². The van der Waals surface area contributed by atoms with Gasteiger partial charge < -0.3 is 15.5 Å². The molecule has 1 saturated carbocycles. The van der Waals surface area contributed by atoms with Gasteiger partial charge in [-0.15, -0.1) is 12.4 Å². The molecule has 1 aromatic carbocycles. The van der Waals surface area contributed by atoms with Crippen molar-refractivity contribution in [3.63, 3.8) is 0 Å². The molecule has 0 spiro atoms. The Morgan fingerprint density at radius 1 is 1.11 bits per heavy atom. The molecule has 1 heterocycles. The van der Waals surface area contributed by atoms with E-state index in [4.69, 9.17) is 0 Å². The molecule has 1 amide bonds. The van der Waals surface area contributed by atoms with Crippen LogP contribution in [0.15, 0.2) is 30.3 Å². The third kappa shape index (κ3) is 5.79. The normalized spacial score (nSPS) is 18.7. The Balaban J connectivity index is 0.00000280. The zero-order chi connectivity index (χ0) is 19.4. The lowest BCUT2D eigenvalue weighted by atomic mass is 9.91. The lowest BCUT2D eigenvalue weighted by Crippen LogP contribution is -2.40. The topological polar surface area (TPSA) is 70.2 Å². The van der Waals surface area contributed by atoms with E-state index in [9.17, 15) is 9.18 Å². The van der Waals surface area contributed by atoms with Crippen LogP contribution in [-0.2, 0) is 0 Å². The molecule has 1 fully saturated rings. The second-order valence-electron chi connectivity index (χ2n) is 7.23. The number of aromatic nitrogens is 2. The van der Waals surface area contributed by atoms with Crippen molar-refractivity contribution >= 4 is 29.9 Å². The summed E-state index contributed by atoms with van der Waals surface area (Å²) in [6.07, 6.45) is 3.63. The summed E-state index contributed by atoms with van der Waals surface area (Å²) < 4.78 is 13.3. The fourth-order valence-electron chi connectivity index (χ4n) is 3.34. The van der Waals surface area contributed by atoms with E-state index in [1.54, 1.807) is 12.1 Å². The number of hydrogen-bond acceptors (Lipinski definition) is 5. The van der Waals surface area contributed by atoms with Gasteiger partial charge in [0.1, 0.15) is 23.3 Å². The highest BCUT2D eigenvalue weighted by molar-refractivity contribution is 5.94. The van der Waals surface area contributed by atoms with E-state index in [0.29, 0.717) is 11.6 Å². The maximum atomic E-state index is 13.3. The molecule has 28 heavy (non-hydrogen) atoms. The largest absolute Gasteiger partial charge is 0.367 e. The number of benzene rings is 1. The molecule has 1 aromatic heterocycles. The summed E-state index contributed by atoms with van der Waals surface area (Å²) >= 11 is 0. The summed E-state index contributed by atoms with van der Waals surface area (Å²) in [4.78, 5) is 23.1. The zero-order valence-electron chi connectivity index (χ0n) is 16.4. The van der Waals surface area contributed by atoms with Crippen molar-refractivity contribution < 1.29 is 9.18 Å². The van der Waals surface area contributed by atoms with E-state index < -0.39 is 5.82 Å². The maximum Gasteiger partial charge on any atom is 0.251 e. The first-order valence-corrected chi connectivity index (χ1v) is 9.26. The second kappa shape index (κ2) is 9.68. The van der Waals surface area contributed by atoms with Crippen LogP contribution in [0.2, 0.25) is 0 Å². The Labute approximate surface area is 171 Å². The van der Waals surface area contributed by atoms with Crippen molar-refractivity contribution in [3.8, 4) is 0 Å². The molecule has 0 radical (unpaired) electrons. The molecule has 6 nitrogen and oxygen atoms in total. The van der Waals surface area contributed by atoms with Crippen LogP contribution in [0.1, 0.15) is 41.9 Å². The van der Waals surface area contributed by atoms with Gasteiger partial charge in [0.2, 0.25) is 0 Å². The van der Waals surface area contributed by atoms with Crippen molar-refractivity contribution in [1.82, 2.24) is 15.3 Å². The van der Waals surface area contributed by atoms with Crippen LogP contribution in [0, 0.1) is 12.7 Å². The lowest BCUT2D eigenvalue weighted by molar-refractivity contribution is 0.0926. The summed E-state index contributed by atoms with van der Waals surface area (Å²) in [7, 11) is 3.91. The number of hydrogen-bond donors (Lipinski definition) is 2. The van der Waals surface area contributed by atoms with Gasteiger partial charge in [-0.3, -0.25) is 4.79 Å². The first-order chi connectivity index (χ1) is 12.9. The minimum absolute atomic E-state index is 0. The molecule has 2 N–H and O–H groups in total. The van der Waals surface area contributed by atoms with Gasteiger partial charge in [-0.05, 0) is 50.8 Å². The fraction of sp³-hybridized carbons (Fsp3) is 0.450. The van der Waals surface area contributed by atoms with Gasteiger partial charge in [-0.1, -0.05) is 6.07 Å². The van der Waals surface area contributed by atoms with Crippen molar-refractivity contribution in [2.24, 2.45) is 0 Å². The van der Waals surface area contributed by atoms with Gasteiger partial charge in [0.15, 0.2) is 0 Å². The summed E-state index contributed by atoms with van der Waals surface area (Å²) in [5.41, 5.74) is 0.364. The summed E-state index contributed by atoms with van der Waals surface area (Å²) in [5.74, 6) is 1.83. The number of aryl methyl sites for hydroxylation is 1. The summed E-state index contributed by atoms with van der Waals surface area (Å²) in [6.45, 7) is 1.89. The molecule has 152 valence electrons. The molecule has 2 aromatic rings. The Morgan fingerprint density at radius 2 is 1.79 bits per heavy atom. The minimum atomic E-state index is -0.396. The molecule has 0 unspecified atom stereocenters. The first kappa shape index (κ1) is 21.9. The van der Waals surface area contributed by atoms with Gasteiger partial charge in [0.25, 0.3) is 5.91 Å². The molecular formula is C20H27ClFN5O. The van der Waals surface area contributed by atoms with E-state index in [1.165, 1.54) is 12.1 Å². The minimum Gasteiger partial charge on any atom is -0.367 e. The maximum absolute atomic E-state index is 13.3. The molecule has 8 heteroatoms. The Hall–Kier alpha value is -2.41. The first-order valence-electron chi connectivity index (χ1n) is 9.26. The van der Waals surface area contributed by atoms with Crippen molar-refractivity contribution in [2.75, 3.05) is 24.3 Å². The van der Waals surface area contributed by atoms with Gasteiger partial charge in [0, 0.05) is 37.8 Å². The Bertz CT molecular complexity index is 809. The molecule has 3 rings (SSSR count). The average Bonchev–Trinajstić information content (AvgIpc) is 2.63. The van der Waals surface area contributed by atoms with E-state index in [2.05, 4.69) is 20.6 Å². The predicted octanol–water partition coefficient (Wildman–Crippen LogP) is 3.57. The third-order valence-electron chi connectivity index (χ3n) is 4.78. The molecule has 0 saturated heterocycles. The van der Waals surface area contributed by atoms with Gasteiger partial charge in [-0.25, -0.2) is 14.4 Å². The molecule has 0 aliphatic heterocycles. The quantitative estimate of drug-likeness (QED) is 0.793. The number of halogens is 2. The zero-order valence-corrected chi connectivity index (χ0v) is 17.2. The number of nitrogens with zero attached hydrogens (tertiary/aromatic N) is 3. The van der Waals surface area contributed by atoms with E-state index >= 15 is 0 Å². The number of anilines is 2. The van der Waals surface area contributed by atoms with Crippen LogP contribution < -0.4 is 15.5 Å². The number of carbonyl (C=O) groups is 1. The van der Waals surface area contributed by atoms with Gasteiger partial charge >= 0.3 is 0 Å². The second-order valence-corrected chi connectivity index (χ2v) is 7.23. The van der Waals surface area contributed by atoms with Crippen LogP contribution in [0.4, 0.5) is 16.0 Å². The van der Waals surface area contributed by atoms with Crippen LogP contribution in [-0.4, -0.2) is 42.1 Å². The number of amides is 1. The van der Waals surface area contributed by atoms with Crippen LogP contribution in [0.25, 0.3) is 0 Å². The van der Waals surface area contributed by atoms with E-state index in [1.807, 2.05) is 32.0 Å². The number of rotatable bonds is 5. The van der Waals surface area contributed by atoms with E-state index in [0.717, 1.165) is 43.1 Å². The fourth-order valence-corrected chi connectivity index (χ4v) is 3.34. The smallest absolute Gasteiger partial charge is 0.251 e. The number of carbonyl (C=O) groups excluding carboxylic acids is 1. The SMILES string of the molecule is Cc1nc(N[C@H]2CC[C@@H](NC(=O)c3cccc(F)c3)CC2)cc(N(C)C)n1.Cl. The average molecular weight is 408 g/mol. The van der Waals surface area contributed by atoms with Crippen molar-refractivity contribution in [2.45, 2.75) is 44.7 Å².